The molecule has 3 heterocycles. The Kier molecular flexibility index (Phi) is 3.24. The molecular formula is C21H24N4. The number of pyridine rings is 1. The Labute approximate surface area is 148 Å². The lowest BCUT2D eigenvalue weighted by atomic mass is 9.82. The van der Waals surface area contributed by atoms with E-state index in [1.165, 1.54) is 48.7 Å². The number of likely N-dealkylation sites (tertiary alicyclic amines) is 1. The van der Waals surface area contributed by atoms with Gasteiger partial charge in [0.1, 0.15) is 5.84 Å². The smallest absolute Gasteiger partial charge is 0.102 e. The van der Waals surface area contributed by atoms with Gasteiger partial charge in [-0.3, -0.25) is 9.98 Å². The lowest BCUT2D eigenvalue weighted by Gasteiger charge is -2.42. The fraction of sp³-hybridized carbons (Fsp3) is 0.476. The van der Waals surface area contributed by atoms with Gasteiger partial charge in [-0.25, -0.2) is 0 Å². The molecule has 5 rings (SSSR count). The van der Waals surface area contributed by atoms with Crippen LogP contribution in [0.15, 0.2) is 35.5 Å². The van der Waals surface area contributed by atoms with Crippen LogP contribution in [0.1, 0.15) is 49.7 Å². The molecule has 4 nitrogen and oxygen atoms in total. The van der Waals surface area contributed by atoms with E-state index < -0.39 is 0 Å². The molecule has 3 aliphatic rings. The van der Waals surface area contributed by atoms with Gasteiger partial charge in [-0.05, 0) is 36.8 Å². The molecule has 2 atom stereocenters. The summed E-state index contributed by atoms with van der Waals surface area (Å²) < 4.78 is 0. The van der Waals surface area contributed by atoms with Crippen molar-refractivity contribution in [3.05, 3.63) is 41.6 Å². The van der Waals surface area contributed by atoms with E-state index in [0.29, 0.717) is 17.4 Å². The van der Waals surface area contributed by atoms with Gasteiger partial charge in [0.25, 0.3) is 0 Å². The van der Waals surface area contributed by atoms with Gasteiger partial charge in [0.15, 0.2) is 0 Å². The first kappa shape index (κ1) is 15.1. The van der Waals surface area contributed by atoms with E-state index in [0.717, 1.165) is 24.2 Å². The maximum absolute atomic E-state index is 7.65. The first-order valence-corrected chi connectivity index (χ1v) is 9.39. The molecule has 2 aliphatic heterocycles. The number of nitrogens with zero attached hydrogens (tertiary/aromatic N) is 3. The van der Waals surface area contributed by atoms with Crippen molar-refractivity contribution in [3.8, 4) is 0 Å². The molecule has 25 heavy (non-hydrogen) atoms. The van der Waals surface area contributed by atoms with Crippen molar-refractivity contribution in [1.82, 2.24) is 9.88 Å². The number of rotatable bonds is 2. The monoisotopic (exact) mass is 332 g/mol. The number of aliphatic imine (C=N–C) groups is 1. The minimum atomic E-state index is 0.369. The Hall–Kier alpha value is -2.23. The number of fused-ring (bicyclic) bond motifs is 1. The van der Waals surface area contributed by atoms with Crippen LogP contribution >= 0.6 is 0 Å². The van der Waals surface area contributed by atoms with Crippen molar-refractivity contribution < 1.29 is 0 Å². The van der Waals surface area contributed by atoms with Crippen LogP contribution in [0.4, 0.5) is 0 Å². The highest BCUT2D eigenvalue weighted by molar-refractivity contribution is 5.98. The molecule has 128 valence electrons. The molecule has 1 aromatic heterocycles. The molecule has 0 radical (unpaired) electrons. The Morgan fingerprint density at radius 3 is 2.84 bits per heavy atom. The Morgan fingerprint density at radius 2 is 2.08 bits per heavy atom. The quantitative estimate of drug-likeness (QED) is 0.845. The third-order valence-corrected chi connectivity index (χ3v) is 6.14. The number of aromatic nitrogens is 1. The lowest BCUT2D eigenvalue weighted by Crippen LogP contribution is -2.47. The largest absolute Gasteiger partial charge is 0.359 e. The van der Waals surface area contributed by atoms with Gasteiger partial charge >= 0.3 is 0 Å². The van der Waals surface area contributed by atoms with Crippen LogP contribution in [0.5, 0.6) is 0 Å². The molecule has 1 saturated heterocycles. The van der Waals surface area contributed by atoms with Crippen molar-refractivity contribution in [2.24, 2.45) is 10.9 Å². The predicted molar refractivity (Wildman–Crippen MR) is 102 cm³/mol. The van der Waals surface area contributed by atoms with Crippen LogP contribution in [0.25, 0.3) is 10.9 Å². The SMILES string of the molecule is C[C@@H]1C[C@H](c2ccc(C=N)c3ncccc23)CN(C2=NC3(CC3)C2)C1. The second kappa shape index (κ2) is 5.38. The van der Waals surface area contributed by atoms with Crippen molar-refractivity contribution in [1.29, 1.82) is 5.41 Å². The highest BCUT2D eigenvalue weighted by Gasteiger charge is 2.51. The molecule has 2 fully saturated rings. The fourth-order valence-electron chi connectivity index (χ4n) is 4.65. The van der Waals surface area contributed by atoms with Crippen LogP contribution in [-0.4, -0.2) is 40.6 Å². The summed E-state index contributed by atoms with van der Waals surface area (Å²) in [6, 6.07) is 8.45. The molecule has 4 heteroatoms. The second-order valence-electron chi connectivity index (χ2n) is 8.16. The normalized spacial score (nSPS) is 27.1. The van der Waals surface area contributed by atoms with Crippen molar-refractivity contribution in [2.75, 3.05) is 13.1 Å². The van der Waals surface area contributed by atoms with E-state index in [2.05, 4.69) is 35.0 Å². The minimum Gasteiger partial charge on any atom is -0.359 e. The number of piperidine rings is 1. The van der Waals surface area contributed by atoms with E-state index in [-0.39, 0.29) is 0 Å². The first-order chi connectivity index (χ1) is 12.2. The number of hydrogen-bond donors (Lipinski definition) is 1. The summed E-state index contributed by atoms with van der Waals surface area (Å²) in [6.45, 7) is 4.56. The van der Waals surface area contributed by atoms with E-state index in [1.807, 2.05) is 12.3 Å². The molecule has 2 aromatic rings. The summed E-state index contributed by atoms with van der Waals surface area (Å²) >= 11 is 0. The molecule has 1 aliphatic carbocycles. The Balaban J connectivity index is 1.50. The van der Waals surface area contributed by atoms with E-state index in [4.69, 9.17) is 10.4 Å². The second-order valence-corrected chi connectivity index (χ2v) is 8.16. The zero-order chi connectivity index (χ0) is 17.0. The lowest BCUT2D eigenvalue weighted by molar-refractivity contribution is 0.233. The zero-order valence-electron chi connectivity index (χ0n) is 14.7. The van der Waals surface area contributed by atoms with E-state index in [1.54, 1.807) is 0 Å². The molecule has 1 N–H and O–H groups in total. The molecule has 0 bridgehead atoms. The summed E-state index contributed by atoms with van der Waals surface area (Å²) in [5.41, 5.74) is 3.61. The van der Waals surface area contributed by atoms with Crippen molar-refractivity contribution in [2.45, 2.75) is 44.1 Å². The third-order valence-electron chi connectivity index (χ3n) is 6.14. The number of nitrogens with one attached hydrogen (secondary N) is 1. The summed E-state index contributed by atoms with van der Waals surface area (Å²) in [5.74, 6) is 2.52. The highest BCUT2D eigenvalue weighted by Crippen LogP contribution is 2.50. The number of amidine groups is 1. The molecule has 0 unspecified atom stereocenters. The van der Waals surface area contributed by atoms with Gasteiger partial charge < -0.3 is 10.3 Å². The number of benzene rings is 1. The van der Waals surface area contributed by atoms with E-state index in [9.17, 15) is 0 Å². The summed E-state index contributed by atoms with van der Waals surface area (Å²) in [4.78, 5) is 12.0. The summed E-state index contributed by atoms with van der Waals surface area (Å²) in [5, 5.41) is 8.85. The van der Waals surface area contributed by atoms with Gasteiger partial charge in [-0.1, -0.05) is 25.1 Å². The molecule has 1 saturated carbocycles. The van der Waals surface area contributed by atoms with Crippen LogP contribution in [0.3, 0.4) is 0 Å². The van der Waals surface area contributed by atoms with Crippen LogP contribution < -0.4 is 0 Å². The van der Waals surface area contributed by atoms with Gasteiger partial charge in [0.05, 0.1) is 11.1 Å². The standard InChI is InChI=1S/C21H24N4/c1-14-9-16(13-25(12-14)19-10-21(24-19)6-7-21)17-5-4-15(11-22)20-18(17)3-2-8-23-20/h2-5,8,11,14,16,22H,6-7,9-10,12-13H2,1H3/t14-,16+/m1/s1. The van der Waals surface area contributed by atoms with Crippen LogP contribution in [-0.2, 0) is 0 Å². The molecule has 1 aromatic carbocycles. The maximum atomic E-state index is 7.65. The van der Waals surface area contributed by atoms with Crippen LogP contribution in [0.2, 0.25) is 0 Å². The van der Waals surface area contributed by atoms with E-state index >= 15 is 0 Å². The molecule has 0 amide bonds. The average Bonchev–Trinajstić information content (AvgIpc) is 3.40. The van der Waals surface area contributed by atoms with Crippen molar-refractivity contribution >= 4 is 23.0 Å². The molecular weight excluding hydrogens is 308 g/mol. The summed E-state index contributed by atoms with van der Waals surface area (Å²) in [6.07, 6.45) is 8.24. The van der Waals surface area contributed by atoms with Gasteiger partial charge in [-0.2, -0.15) is 0 Å². The van der Waals surface area contributed by atoms with Gasteiger partial charge in [0, 0.05) is 48.8 Å². The zero-order valence-corrected chi connectivity index (χ0v) is 14.7. The highest BCUT2D eigenvalue weighted by atomic mass is 15.3. The van der Waals surface area contributed by atoms with Gasteiger partial charge in [-0.15, -0.1) is 0 Å². The third kappa shape index (κ3) is 2.46. The number of hydrogen-bond acceptors (Lipinski definition) is 4. The fourth-order valence-corrected chi connectivity index (χ4v) is 4.65. The molecule has 1 spiro atoms. The van der Waals surface area contributed by atoms with Gasteiger partial charge in [0.2, 0.25) is 0 Å². The summed E-state index contributed by atoms with van der Waals surface area (Å²) in [7, 11) is 0. The first-order valence-electron chi connectivity index (χ1n) is 9.39. The van der Waals surface area contributed by atoms with Crippen LogP contribution in [0, 0.1) is 11.3 Å². The predicted octanol–water partition coefficient (Wildman–Crippen LogP) is 3.99. The Bertz CT molecular complexity index is 881. The maximum Gasteiger partial charge on any atom is 0.102 e. The van der Waals surface area contributed by atoms with Crippen molar-refractivity contribution in [3.63, 3.8) is 0 Å². The average molecular weight is 332 g/mol. The topological polar surface area (TPSA) is 52.3 Å². The Morgan fingerprint density at radius 1 is 1.24 bits per heavy atom. The minimum absolute atomic E-state index is 0.369.